The SMILES string of the molecule is CCC(C)C(C(=O)NC1C(=O)NC(C(=O)c2ccccc2)C(=O)N/C=C\c2ccc(cc2)OC1c1ccccc1)N(C)C. The maximum Gasteiger partial charge on any atom is 0.254 e. The third-order valence-corrected chi connectivity index (χ3v) is 7.53. The maximum atomic E-state index is 14.2. The molecule has 0 spiro atoms. The van der Waals surface area contributed by atoms with Crippen LogP contribution in [0.15, 0.2) is 91.1 Å². The molecule has 3 aromatic carbocycles. The fourth-order valence-corrected chi connectivity index (χ4v) is 5.07. The highest BCUT2D eigenvalue weighted by Gasteiger charge is 2.39. The van der Waals surface area contributed by atoms with Crippen LogP contribution in [0.1, 0.15) is 47.9 Å². The van der Waals surface area contributed by atoms with Gasteiger partial charge in [-0.3, -0.25) is 24.1 Å². The van der Waals surface area contributed by atoms with Crippen molar-refractivity contribution in [2.45, 2.75) is 44.5 Å². The molecule has 0 radical (unpaired) electrons. The summed E-state index contributed by atoms with van der Waals surface area (Å²) in [5.74, 6) is -1.99. The summed E-state index contributed by atoms with van der Waals surface area (Å²) in [6.45, 7) is 3.96. The van der Waals surface area contributed by atoms with Gasteiger partial charge in [0.1, 0.15) is 11.8 Å². The van der Waals surface area contributed by atoms with Crippen molar-refractivity contribution in [2.24, 2.45) is 5.92 Å². The highest BCUT2D eigenvalue weighted by atomic mass is 16.5. The monoisotopic (exact) mass is 582 g/mol. The number of carbonyl (C=O) groups excluding carboxylic acids is 4. The third kappa shape index (κ3) is 7.75. The predicted octanol–water partition coefficient (Wildman–Crippen LogP) is 3.74. The number of nitrogens with zero attached hydrogens (tertiary/aromatic N) is 1. The van der Waals surface area contributed by atoms with Gasteiger partial charge in [0, 0.05) is 11.8 Å². The lowest BCUT2D eigenvalue weighted by molar-refractivity contribution is -0.135. The Morgan fingerprint density at radius 2 is 1.53 bits per heavy atom. The Hall–Kier alpha value is -4.76. The molecule has 3 aromatic rings. The van der Waals surface area contributed by atoms with E-state index in [0.29, 0.717) is 11.3 Å². The lowest BCUT2D eigenvalue weighted by Crippen LogP contribution is -2.60. The zero-order valence-corrected chi connectivity index (χ0v) is 24.8. The molecule has 5 rings (SSSR count). The van der Waals surface area contributed by atoms with Gasteiger partial charge in [0.15, 0.2) is 17.9 Å². The quantitative estimate of drug-likeness (QED) is 0.275. The fourth-order valence-electron chi connectivity index (χ4n) is 5.07. The van der Waals surface area contributed by atoms with Crippen molar-refractivity contribution in [2.75, 3.05) is 14.1 Å². The zero-order valence-electron chi connectivity index (χ0n) is 24.8. The number of nitrogens with one attached hydrogen (secondary N) is 3. The van der Waals surface area contributed by atoms with Crippen LogP contribution in [0.3, 0.4) is 0 Å². The first-order chi connectivity index (χ1) is 20.7. The molecule has 2 bridgehead atoms. The van der Waals surface area contributed by atoms with Gasteiger partial charge in [0.2, 0.25) is 11.8 Å². The van der Waals surface area contributed by atoms with Gasteiger partial charge in [-0.25, -0.2) is 0 Å². The molecule has 3 N–H and O–H groups in total. The second-order valence-electron chi connectivity index (χ2n) is 10.8. The van der Waals surface area contributed by atoms with Crippen molar-refractivity contribution in [3.8, 4) is 5.75 Å². The number of hydrogen-bond acceptors (Lipinski definition) is 6. The van der Waals surface area contributed by atoms with Crippen molar-refractivity contribution in [1.82, 2.24) is 20.9 Å². The molecule has 0 saturated carbocycles. The summed E-state index contributed by atoms with van der Waals surface area (Å²) in [5, 5.41) is 8.18. The van der Waals surface area contributed by atoms with Crippen molar-refractivity contribution < 1.29 is 23.9 Å². The number of ether oxygens (including phenoxy) is 1. The second kappa shape index (κ2) is 14.4. The van der Waals surface area contributed by atoms with Crippen LogP contribution in [0.5, 0.6) is 5.75 Å². The molecule has 0 fully saturated rings. The molecule has 43 heavy (non-hydrogen) atoms. The Kier molecular flexibility index (Phi) is 10.5. The number of rotatable bonds is 8. The van der Waals surface area contributed by atoms with E-state index in [1.54, 1.807) is 72.8 Å². The van der Waals surface area contributed by atoms with Crippen LogP contribution in [0.4, 0.5) is 0 Å². The number of amides is 3. The topological polar surface area (TPSA) is 117 Å². The Bertz CT molecular complexity index is 1440. The van der Waals surface area contributed by atoms with Gasteiger partial charge in [-0.2, -0.15) is 0 Å². The van der Waals surface area contributed by atoms with E-state index < -0.39 is 41.8 Å². The summed E-state index contributed by atoms with van der Waals surface area (Å²) >= 11 is 0. The van der Waals surface area contributed by atoms with E-state index in [-0.39, 0.29) is 17.4 Å². The highest BCUT2D eigenvalue weighted by Crippen LogP contribution is 2.27. The zero-order chi connectivity index (χ0) is 30.9. The number of Topliss-reactive ketones (excluding diaryl/α,β-unsaturated/α-hetero) is 1. The maximum absolute atomic E-state index is 14.2. The molecule has 2 heterocycles. The van der Waals surface area contributed by atoms with Gasteiger partial charge in [-0.05, 0) is 49.3 Å². The summed E-state index contributed by atoms with van der Waals surface area (Å²) < 4.78 is 6.42. The van der Waals surface area contributed by atoms with Crippen molar-refractivity contribution in [3.05, 3.63) is 108 Å². The van der Waals surface area contributed by atoms with Gasteiger partial charge in [-0.15, -0.1) is 0 Å². The Morgan fingerprint density at radius 3 is 2.14 bits per heavy atom. The van der Waals surface area contributed by atoms with Gasteiger partial charge in [0.25, 0.3) is 5.91 Å². The number of likely N-dealkylation sites (N-methyl/N-ethyl adjacent to an activating group) is 1. The second-order valence-corrected chi connectivity index (χ2v) is 10.8. The van der Waals surface area contributed by atoms with E-state index in [0.717, 1.165) is 12.0 Å². The average Bonchev–Trinajstić information content (AvgIpc) is 3.02. The number of carbonyl (C=O) groups is 4. The standard InChI is InChI=1S/C34H38N4O5/c1-5-22(2)29(38(3)4)34(42)37-28-31(25-14-10-7-11-15-25)43-26-18-16-23(17-19-26)20-21-35-32(40)27(36-33(28)41)30(39)24-12-8-6-9-13-24/h6-22,27-29,31H,5H2,1-4H3,(H,35,40)(H,36,41)(H,37,42)/b21-20-. The average molecular weight is 583 g/mol. The smallest absolute Gasteiger partial charge is 0.254 e. The minimum Gasteiger partial charge on any atom is -0.483 e. The molecule has 9 nitrogen and oxygen atoms in total. The van der Waals surface area contributed by atoms with E-state index in [2.05, 4.69) is 16.0 Å². The van der Waals surface area contributed by atoms with E-state index >= 15 is 0 Å². The highest BCUT2D eigenvalue weighted by molar-refractivity contribution is 6.15. The number of benzene rings is 3. The molecular weight excluding hydrogens is 544 g/mol. The van der Waals surface area contributed by atoms with Crippen LogP contribution >= 0.6 is 0 Å². The summed E-state index contributed by atoms with van der Waals surface area (Å²) in [7, 11) is 3.62. The van der Waals surface area contributed by atoms with Crippen LogP contribution in [0.2, 0.25) is 0 Å². The molecule has 0 aliphatic carbocycles. The lowest BCUT2D eigenvalue weighted by atomic mass is 9.95. The molecule has 0 saturated heterocycles. The molecule has 3 amide bonds. The fraction of sp³-hybridized carbons (Fsp3) is 0.294. The van der Waals surface area contributed by atoms with Gasteiger partial charge in [0.05, 0.1) is 6.04 Å². The first-order valence-corrected chi connectivity index (χ1v) is 14.3. The summed E-state index contributed by atoms with van der Waals surface area (Å²) in [6.07, 6.45) is 2.83. The van der Waals surface area contributed by atoms with E-state index in [1.807, 2.05) is 51.0 Å². The molecule has 224 valence electrons. The minimum atomic E-state index is -1.57. The van der Waals surface area contributed by atoms with Crippen molar-refractivity contribution in [1.29, 1.82) is 0 Å². The summed E-state index contributed by atoms with van der Waals surface area (Å²) in [4.78, 5) is 56.8. The molecule has 5 atom stereocenters. The summed E-state index contributed by atoms with van der Waals surface area (Å²) in [5.41, 5.74) is 1.66. The number of fused-ring (bicyclic) bond motifs is 10. The van der Waals surface area contributed by atoms with Crippen LogP contribution in [0.25, 0.3) is 6.08 Å². The molecule has 5 unspecified atom stereocenters. The molecule has 2 aliphatic heterocycles. The first kappa shape index (κ1) is 31.2. The first-order valence-electron chi connectivity index (χ1n) is 14.3. The summed E-state index contributed by atoms with van der Waals surface area (Å²) in [6, 6.07) is 21.0. The molecule has 0 aromatic heterocycles. The van der Waals surface area contributed by atoms with E-state index in [4.69, 9.17) is 4.74 Å². The van der Waals surface area contributed by atoms with Crippen molar-refractivity contribution >= 4 is 29.6 Å². The molecule has 2 aliphatic rings. The lowest BCUT2D eigenvalue weighted by Gasteiger charge is -2.33. The van der Waals surface area contributed by atoms with Crippen LogP contribution in [-0.2, 0) is 14.4 Å². The molecule has 9 heteroatoms. The van der Waals surface area contributed by atoms with Gasteiger partial charge in [-0.1, -0.05) is 93.1 Å². The minimum absolute atomic E-state index is 0.0230. The van der Waals surface area contributed by atoms with E-state index in [9.17, 15) is 19.2 Å². The largest absolute Gasteiger partial charge is 0.483 e. The Labute approximate surface area is 252 Å². The number of ketones is 1. The number of hydrogen-bond donors (Lipinski definition) is 3. The van der Waals surface area contributed by atoms with Crippen LogP contribution in [-0.4, -0.2) is 60.6 Å². The van der Waals surface area contributed by atoms with Gasteiger partial charge >= 0.3 is 0 Å². The Balaban J connectivity index is 1.83. The Morgan fingerprint density at radius 1 is 0.907 bits per heavy atom. The third-order valence-electron chi connectivity index (χ3n) is 7.53. The normalized spacial score (nSPS) is 21.0. The van der Waals surface area contributed by atoms with Crippen LogP contribution in [0, 0.1) is 5.92 Å². The van der Waals surface area contributed by atoms with Crippen molar-refractivity contribution in [3.63, 3.8) is 0 Å². The van der Waals surface area contributed by atoms with Crippen LogP contribution < -0.4 is 20.7 Å². The van der Waals surface area contributed by atoms with Gasteiger partial charge < -0.3 is 20.7 Å². The van der Waals surface area contributed by atoms with E-state index in [1.165, 1.54) is 6.20 Å². The molecular formula is C34H38N4O5. The predicted molar refractivity (Wildman–Crippen MR) is 165 cm³/mol.